The average molecular weight is 247 g/mol. The van der Waals surface area contributed by atoms with E-state index in [-0.39, 0.29) is 0 Å². The predicted octanol–water partition coefficient (Wildman–Crippen LogP) is 0.957. The monoisotopic (exact) mass is 247 g/mol. The first-order chi connectivity index (χ1) is 8.69. The van der Waals surface area contributed by atoms with Crippen molar-refractivity contribution in [1.82, 2.24) is 24.7 Å². The van der Waals surface area contributed by atoms with E-state index in [4.69, 9.17) is 0 Å². The highest BCUT2D eigenvalue weighted by Crippen LogP contribution is 2.10. The number of hydrogen-bond acceptors (Lipinski definition) is 6. The van der Waals surface area contributed by atoms with E-state index in [0.717, 1.165) is 23.9 Å². The van der Waals surface area contributed by atoms with Gasteiger partial charge in [-0.3, -0.25) is 0 Å². The lowest BCUT2D eigenvalue weighted by Gasteiger charge is -2.08. The molecule has 0 aliphatic rings. The molecule has 0 bridgehead atoms. The maximum atomic E-state index is 4.36. The van der Waals surface area contributed by atoms with Crippen LogP contribution >= 0.6 is 0 Å². The lowest BCUT2D eigenvalue weighted by molar-refractivity contribution is 0.809. The van der Waals surface area contributed by atoms with Gasteiger partial charge in [-0.1, -0.05) is 0 Å². The molecule has 2 aromatic heterocycles. The van der Waals surface area contributed by atoms with Gasteiger partial charge < -0.3 is 15.2 Å². The number of nitrogens with zero attached hydrogens (tertiary/aromatic N) is 5. The molecule has 0 fully saturated rings. The van der Waals surface area contributed by atoms with Crippen molar-refractivity contribution in [3.05, 3.63) is 23.9 Å². The fourth-order valence-electron chi connectivity index (χ4n) is 1.53. The zero-order chi connectivity index (χ0) is 13.0. The Morgan fingerprint density at radius 1 is 1.28 bits per heavy atom. The van der Waals surface area contributed by atoms with E-state index in [1.54, 1.807) is 6.33 Å². The highest BCUT2D eigenvalue weighted by atomic mass is 15.3. The Hall–Kier alpha value is -2.18. The summed E-state index contributed by atoms with van der Waals surface area (Å²) < 4.78 is 1.87. The Morgan fingerprint density at radius 2 is 2.11 bits per heavy atom. The smallest absolute Gasteiger partial charge is 0.224 e. The van der Waals surface area contributed by atoms with E-state index in [1.807, 2.05) is 31.5 Å². The van der Waals surface area contributed by atoms with Crippen LogP contribution in [0.4, 0.5) is 11.8 Å². The molecule has 0 atom stereocenters. The first-order valence-corrected chi connectivity index (χ1v) is 5.85. The first kappa shape index (κ1) is 12.3. The van der Waals surface area contributed by atoms with Crippen LogP contribution < -0.4 is 10.6 Å². The van der Waals surface area contributed by atoms with Crippen LogP contribution in [0.2, 0.25) is 0 Å². The zero-order valence-electron chi connectivity index (χ0n) is 10.8. The molecule has 0 aliphatic heterocycles. The highest BCUT2D eigenvalue weighted by Gasteiger charge is 2.03. The molecular weight excluding hydrogens is 230 g/mol. The number of hydrogen-bond donors (Lipinski definition) is 2. The third-order valence-electron chi connectivity index (χ3n) is 2.42. The Labute approximate surface area is 106 Å². The number of anilines is 2. The quantitative estimate of drug-likeness (QED) is 0.819. The van der Waals surface area contributed by atoms with E-state index in [9.17, 15) is 0 Å². The van der Waals surface area contributed by atoms with Crippen LogP contribution in [0.15, 0.2) is 12.4 Å². The molecule has 2 heterocycles. The second-order valence-electron chi connectivity index (χ2n) is 3.96. The normalized spacial score (nSPS) is 10.4. The van der Waals surface area contributed by atoms with Crippen molar-refractivity contribution in [3.63, 3.8) is 0 Å². The molecule has 0 saturated carbocycles. The summed E-state index contributed by atoms with van der Waals surface area (Å²) >= 11 is 0. The fraction of sp³-hybridized carbons (Fsp3) is 0.455. The predicted molar refractivity (Wildman–Crippen MR) is 69.3 cm³/mol. The largest absolute Gasteiger partial charge is 0.363 e. The summed E-state index contributed by atoms with van der Waals surface area (Å²) in [5.74, 6) is 2.27. The molecule has 0 unspecified atom stereocenters. The van der Waals surface area contributed by atoms with Gasteiger partial charge in [0.2, 0.25) is 5.95 Å². The summed E-state index contributed by atoms with van der Waals surface area (Å²) in [7, 11) is 1.91. The number of rotatable bonds is 5. The van der Waals surface area contributed by atoms with Gasteiger partial charge in [0.1, 0.15) is 12.1 Å². The Morgan fingerprint density at radius 3 is 2.78 bits per heavy atom. The van der Waals surface area contributed by atoms with Crippen molar-refractivity contribution in [2.45, 2.75) is 20.4 Å². The second-order valence-corrected chi connectivity index (χ2v) is 3.96. The minimum absolute atomic E-state index is 0.582. The van der Waals surface area contributed by atoms with Crippen molar-refractivity contribution >= 4 is 11.8 Å². The molecular formula is C11H17N7. The summed E-state index contributed by atoms with van der Waals surface area (Å²) in [5.41, 5.74) is 0.918. The molecule has 2 aromatic rings. The third kappa shape index (κ3) is 2.93. The topological polar surface area (TPSA) is 80.5 Å². The summed E-state index contributed by atoms with van der Waals surface area (Å²) in [6.07, 6.45) is 1.67. The lowest BCUT2D eigenvalue weighted by atomic mass is 10.4. The highest BCUT2D eigenvalue weighted by molar-refractivity contribution is 5.42. The van der Waals surface area contributed by atoms with Gasteiger partial charge in [0.15, 0.2) is 5.82 Å². The van der Waals surface area contributed by atoms with Crippen molar-refractivity contribution < 1.29 is 0 Å². The van der Waals surface area contributed by atoms with Gasteiger partial charge >= 0.3 is 0 Å². The van der Waals surface area contributed by atoms with Crippen LogP contribution in [-0.2, 0) is 13.6 Å². The number of aromatic nitrogens is 5. The number of aryl methyl sites for hydroxylation is 2. The van der Waals surface area contributed by atoms with Gasteiger partial charge in [-0.15, -0.1) is 10.2 Å². The van der Waals surface area contributed by atoms with Gasteiger partial charge in [0.25, 0.3) is 0 Å². The minimum atomic E-state index is 0.582. The Bertz CT molecular complexity index is 520. The second kappa shape index (κ2) is 5.44. The van der Waals surface area contributed by atoms with Gasteiger partial charge in [-0.25, -0.2) is 4.98 Å². The summed E-state index contributed by atoms with van der Waals surface area (Å²) in [6, 6.07) is 1.90. The van der Waals surface area contributed by atoms with Crippen molar-refractivity contribution in [3.8, 4) is 0 Å². The molecule has 18 heavy (non-hydrogen) atoms. The fourth-order valence-corrected chi connectivity index (χ4v) is 1.53. The van der Waals surface area contributed by atoms with Crippen LogP contribution in [0.25, 0.3) is 0 Å². The summed E-state index contributed by atoms with van der Waals surface area (Å²) in [6.45, 7) is 5.33. The molecule has 0 radical (unpaired) electrons. The lowest BCUT2D eigenvalue weighted by Crippen LogP contribution is -2.09. The molecule has 0 amide bonds. The molecule has 2 N–H and O–H groups in total. The van der Waals surface area contributed by atoms with Gasteiger partial charge in [-0.2, -0.15) is 4.98 Å². The standard InChI is InChI=1S/C11H17N7/c1-4-12-11-15-8(2)5-9(16-11)13-6-10-17-14-7-18(10)3/h5,7H,4,6H2,1-3H3,(H2,12,13,15,16). The summed E-state index contributed by atoms with van der Waals surface area (Å²) in [4.78, 5) is 8.65. The molecule has 96 valence electrons. The van der Waals surface area contributed by atoms with Crippen molar-refractivity contribution in [1.29, 1.82) is 0 Å². The number of nitrogens with one attached hydrogen (secondary N) is 2. The third-order valence-corrected chi connectivity index (χ3v) is 2.42. The molecule has 0 aromatic carbocycles. The zero-order valence-corrected chi connectivity index (χ0v) is 10.8. The van der Waals surface area contributed by atoms with E-state index >= 15 is 0 Å². The molecule has 0 saturated heterocycles. The average Bonchev–Trinajstić information content (AvgIpc) is 2.72. The Kier molecular flexibility index (Phi) is 3.71. The maximum absolute atomic E-state index is 4.36. The van der Waals surface area contributed by atoms with Gasteiger partial charge in [-0.05, 0) is 13.8 Å². The first-order valence-electron chi connectivity index (χ1n) is 5.85. The van der Waals surface area contributed by atoms with Crippen molar-refractivity contribution in [2.75, 3.05) is 17.2 Å². The molecule has 7 nitrogen and oxygen atoms in total. The van der Waals surface area contributed by atoms with Crippen LogP contribution in [0.5, 0.6) is 0 Å². The van der Waals surface area contributed by atoms with Crippen molar-refractivity contribution in [2.24, 2.45) is 7.05 Å². The molecule has 0 spiro atoms. The van der Waals surface area contributed by atoms with E-state index in [0.29, 0.717) is 12.5 Å². The molecule has 2 rings (SSSR count). The SMILES string of the molecule is CCNc1nc(C)cc(NCc2nncn2C)n1. The van der Waals surface area contributed by atoms with E-state index < -0.39 is 0 Å². The van der Waals surface area contributed by atoms with Gasteiger partial charge in [0.05, 0.1) is 6.54 Å². The molecule has 0 aliphatic carbocycles. The minimum Gasteiger partial charge on any atom is -0.363 e. The van der Waals surface area contributed by atoms with Crippen LogP contribution in [-0.4, -0.2) is 31.3 Å². The summed E-state index contributed by atoms with van der Waals surface area (Å²) in [5, 5.41) is 14.1. The van der Waals surface area contributed by atoms with Crippen LogP contribution in [0.3, 0.4) is 0 Å². The molecule has 7 heteroatoms. The van der Waals surface area contributed by atoms with Crippen LogP contribution in [0, 0.1) is 6.92 Å². The van der Waals surface area contributed by atoms with E-state index in [1.165, 1.54) is 0 Å². The Balaban J connectivity index is 2.07. The maximum Gasteiger partial charge on any atom is 0.224 e. The van der Waals surface area contributed by atoms with Gasteiger partial charge in [0, 0.05) is 25.4 Å². The van der Waals surface area contributed by atoms with Crippen LogP contribution in [0.1, 0.15) is 18.4 Å². The van der Waals surface area contributed by atoms with E-state index in [2.05, 4.69) is 30.8 Å².